The van der Waals surface area contributed by atoms with Crippen LogP contribution in [-0.4, -0.2) is 58.8 Å². The number of carbonyl (C=O) groups excluding carboxylic acids is 3. The van der Waals surface area contributed by atoms with E-state index in [0.29, 0.717) is 24.3 Å². The first kappa shape index (κ1) is 24.6. The Labute approximate surface area is 220 Å². The van der Waals surface area contributed by atoms with Crippen molar-refractivity contribution < 1.29 is 23.5 Å². The van der Waals surface area contributed by atoms with Gasteiger partial charge >= 0.3 is 0 Å². The van der Waals surface area contributed by atoms with Crippen LogP contribution in [0.3, 0.4) is 0 Å². The van der Waals surface area contributed by atoms with Crippen LogP contribution in [0.15, 0.2) is 36.4 Å². The molecule has 8 nitrogen and oxygen atoms in total. The van der Waals surface area contributed by atoms with Gasteiger partial charge in [-0.05, 0) is 67.1 Å². The maximum absolute atomic E-state index is 14.1. The molecule has 3 fully saturated rings. The van der Waals surface area contributed by atoms with Crippen LogP contribution in [0.5, 0.6) is 5.75 Å². The molecule has 1 unspecified atom stereocenters. The second-order valence-electron chi connectivity index (χ2n) is 10.7. The molecule has 196 valence electrons. The summed E-state index contributed by atoms with van der Waals surface area (Å²) >= 11 is 0. The summed E-state index contributed by atoms with van der Waals surface area (Å²) in [5.41, 5.74) is 2.40. The third kappa shape index (κ3) is 4.43. The molecule has 0 spiro atoms. The average Bonchev–Trinajstić information content (AvgIpc) is 3.19. The van der Waals surface area contributed by atoms with E-state index in [9.17, 15) is 18.8 Å². The minimum Gasteiger partial charge on any atom is -0.489 e. The Hall–Kier alpha value is -3.77. The molecule has 2 saturated heterocycles. The molecule has 2 aromatic carbocycles. The molecule has 0 radical (unpaired) electrons. The summed E-state index contributed by atoms with van der Waals surface area (Å²) in [7, 11) is 0. The van der Waals surface area contributed by atoms with E-state index in [-0.39, 0.29) is 41.9 Å². The lowest BCUT2D eigenvalue weighted by Gasteiger charge is -2.48. The number of ether oxygens (including phenoxy) is 1. The Morgan fingerprint density at radius 3 is 2.61 bits per heavy atom. The Bertz CT molecular complexity index is 1350. The van der Waals surface area contributed by atoms with Gasteiger partial charge in [-0.2, -0.15) is 5.26 Å². The second-order valence-corrected chi connectivity index (χ2v) is 10.7. The number of nitriles is 1. The molecule has 3 atom stereocenters. The third-order valence-corrected chi connectivity index (χ3v) is 8.41. The van der Waals surface area contributed by atoms with E-state index in [0.717, 1.165) is 49.9 Å². The molecule has 1 saturated carbocycles. The van der Waals surface area contributed by atoms with Crippen LogP contribution in [0.4, 0.5) is 4.39 Å². The second kappa shape index (κ2) is 9.84. The van der Waals surface area contributed by atoms with E-state index in [1.807, 2.05) is 24.3 Å². The summed E-state index contributed by atoms with van der Waals surface area (Å²) in [6.07, 6.45) is 4.78. The highest BCUT2D eigenvalue weighted by Gasteiger charge is 2.41. The zero-order valence-electron chi connectivity index (χ0n) is 21.0. The lowest BCUT2D eigenvalue weighted by Crippen LogP contribution is -2.57. The van der Waals surface area contributed by atoms with Crippen LogP contribution in [0.25, 0.3) is 0 Å². The van der Waals surface area contributed by atoms with Crippen LogP contribution in [0, 0.1) is 17.1 Å². The Kier molecular flexibility index (Phi) is 6.36. The van der Waals surface area contributed by atoms with Crippen molar-refractivity contribution in [3.8, 4) is 11.8 Å². The fraction of sp³-hybridized carbons (Fsp3) is 0.448. The van der Waals surface area contributed by atoms with Crippen molar-refractivity contribution in [3.63, 3.8) is 0 Å². The lowest BCUT2D eigenvalue weighted by molar-refractivity contribution is -0.136. The van der Waals surface area contributed by atoms with E-state index in [1.165, 1.54) is 6.07 Å². The fourth-order valence-electron chi connectivity index (χ4n) is 6.30. The highest BCUT2D eigenvalue weighted by molar-refractivity contribution is 6.05. The maximum Gasteiger partial charge on any atom is 0.255 e. The summed E-state index contributed by atoms with van der Waals surface area (Å²) in [5.74, 6) is -0.420. The van der Waals surface area contributed by atoms with Crippen molar-refractivity contribution in [3.05, 3.63) is 64.5 Å². The largest absolute Gasteiger partial charge is 0.489 e. The minimum absolute atomic E-state index is 0.0174. The molecule has 1 aliphatic carbocycles. The summed E-state index contributed by atoms with van der Waals surface area (Å²) < 4.78 is 20.6. The topological polar surface area (TPSA) is 103 Å². The van der Waals surface area contributed by atoms with Crippen molar-refractivity contribution >= 4 is 17.7 Å². The minimum atomic E-state index is -0.636. The number of benzene rings is 2. The van der Waals surface area contributed by atoms with Gasteiger partial charge in [-0.25, -0.2) is 4.39 Å². The Balaban J connectivity index is 1.11. The molecule has 38 heavy (non-hydrogen) atoms. The predicted octanol–water partition coefficient (Wildman–Crippen LogP) is 3.25. The van der Waals surface area contributed by atoms with Crippen molar-refractivity contribution in [2.45, 2.75) is 69.2 Å². The standard InChI is InChI=1S/C29H29FN4O4/c30-23-12-17(5-6-18(23)13-31)20-14-33(15-20)24-3-1-2-4-26(24)38-21-7-8-22-19(11-21)16-34(29(22)37)25-9-10-27(35)32-28(25)36/h5-8,11-12,20,24-26H,1-4,9-10,14-16H2,(H,32,35,36)/t24-,25?,26+/m1/s1. The van der Waals surface area contributed by atoms with Gasteiger partial charge in [0, 0.05) is 43.6 Å². The number of hydrogen-bond acceptors (Lipinski definition) is 6. The van der Waals surface area contributed by atoms with Gasteiger partial charge in [-0.15, -0.1) is 0 Å². The highest BCUT2D eigenvalue weighted by atomic mass is 19.1. The molecule has 9 heteroatoms. The molecule has 1 N–H and O–H groups in total. The Morgan fingerprint density at radius 1 is 1.03 bits per heavy atom. The lowest BCUT2D eigenvalue weighted by atomic mass is 9.84. The van der Waals surface area contributed by atoms with Crippen molar-refractivity contribution in [1.29, 1.82) is 5.26 Å². The summed E-state index contributed by atoms with van der Waals surface area (Å²) in [6, 6.07) is 11.9. The first-order valence-electron chi connectivity index (χ1n) is 13.3. The number of piperidine rings is 1. The molecule has 4 aliphatic rings. The van der Waals surface area contributed by atoms with Crippen molar-refractivity contribution in [1.82, 2.24) is 15.1 Å². The normalized spacial score (nSPS) is 25.9. The summed E-state index contributed by atoms with van der Waals surface area (Å²) in [5, 5.41) is 11.3. The van der Waals surface area contributed by atoms with Crippen LogP contribution < -0.4 is 10.1 Å². The molecule has 3 aliphatic heterocycles. The van der Waals surface area contributed by atoms with Gasteiger partial charge in [-0.3, -0.25) is 24.6 Å². The van der Waals surface area contributed by atoms with Gasteiger partial charge in [-0.1, -0.05) is 12.5 Å². The zero-order chi connectivity index (χ0) is 26.4. The number of nitrogens with one attached hydrogen (secondary N) is 1. The molecule has 2 aromatic rings. The van der Waals surface area contributed by atoms with Crippen molar-refractivity contribution in [2.75, 3.05) is 13.1 Å². The highest BCUT2D eigenvalue weighted by Crippen LogP contribution is 2.37. The number of halogens is 1. The average molecular weight is 517 g/mol. The van der Waals surface area contributed by atoms with Crippen molar-refractivity contribution in [2.24, 2.45) is 0 Å². The van der Waals surface area contributed by atoms with Gasteiger partial charge in [0.2, 0.25) is 11.8 Å². The van der Waals surface area contributed by atoms with Gasteiger partial charge in [0.1, 0.15) is 29.8 Å². The van der Waals surface area contributed by atoms with Crippen LogP contribution in [-0.2, 0) is 16.1 Å². The fourth-order valence-corrected chi connectivity index (χ4v) is 6.30. The van der Waals surface area contributed by atoms with Crippen LogP contribution in [0.2, 0.25) is 0 Å². The zero-order valence-corrected chi connectivity index (χ0v) is 21.0. The molecule has 0 bridgehead atoms. The summed E-state index contributed by atoms with van der Waals surface area (Å²) in [6.45, 7) is 1.98. The monoisotopic (exact) mass is 516 g/mol. The van der Waals surface area contributed by atoms with Crippen LogP contribution in [0.1, 0.15) is 71.5 Å². The van der Waals surface area contributed by atoms with E-state index in [2.05, 4.69) is 10.2 Å². The number of hydrogen-bond donors (Lipinski definition) is 1. The number of nitrogens with zero attached hydrogens (tertiary/aromatic N) is 3. The number of amides is 3. The number of rotatable bonds is 5. The summed E-state index contributed by atoms with van der Waals surface area (Å²) in [4.78, 5) is 40.8. The predicted molar refractivity (Wildman–Crippen MR) is 135 cm³/mol. The molecular formula is C29H29FN4O4. The quantitative estimate of drug-likeness (QED) is 0.612. The molecule has 3 heterocycles. The van der Waals surface area contributed by atoms with Gasteiger partial charge in [0.25, 0.3) is 5.91 Å². The Morgan fingerprint density at radius 2 is 1.84 bits per heavy atom. The van der Waals surface area contributed by atoms with Gasteiger partial charge in [0.05, 0.1) is 5.56 Å². The first-order valence-corrected chi connectivity index (χ1v) is 13.3. The third-order valence-electron chi connectivity index (χ3n) is 8.41. The first-order chi connectivity index (χ1) is 18.4. The maximum atomic E-state index is 14.1. The van der Waals surface area contributed by atoms with Crippen LogP contribution >= 0.6 is 0 Å². The molecular weight excluding hydrogens is 487 g/mol. The number of imide groups is 1. The molecule has 3 amide bonds. The van der Waals surface area contributed by atoms with E-state index in [1.54, 1.807) is 17.0 Å². The van der Waals surface area contributed by atoms with E-state index >= 15 is 0 Å². The molecule has 6 rings (SSSR count). The smallest absolute Gasteiger partial charge is 0.255 e. The SMILES string of the molecule is N#Cc1ccc(C2CN([C@@H]3CCCC[C@@H]3Oc3ccc4c(c3)CN(C3CCC(=O)NC3=O)C4=O)C2)cc1F. The number of fused-ring (bicyclic) bond motifs is 1. The van der Waals surface area contributed by atoms with Gasteiger partial charge in [0.15, 0.2) is 0 Å². The number of likely N-dealkylation sites (tertiary alicyclic amines) is 1. The van der Waals surface area contributed by atoms with Gasteiger partial charge < -0.3 is 9.64 Å². The van der Waals surface area contributed by atoms with E-state index in [4.69, 9.17) is 10.00 Å². The van der Waals surface area contributed by atoms with E-state index < -0.39 is 17.8 Å². The molecule has 0 aromatic heterocycles. The number of carbonyl (C=O) groups is 3.